The normalized spacial score (nSPS) is 29.0. The number of nitrogens with one attached hydrogen (secondary N) is 1. The van der Waals surface area contributed by atoms with Crippen molar-refractivity contribution in [1.29, 1.82) is 0 Å². The molecule has 1 N–H and O–H groups in total. The Hall–Kier alpha value is -2.08. The molecule has 0 radical (unpaired) electrons. The Labute approximate surface area is 263 Å². The zero-order valence-electron chi connectivity index (χ0n) is 28.8. The summed E-state index contributed by atoms with van der Waals surface area (Å²) in [6.07, 6.45) is 14.8. The molecule has 4 rings (SSSR count). The predicted molar refractivity (Wildman–Crippen MR) is 180 cm³/mol. The van der Waals surface area contributed by atoms with Gasteiger partial charge in [0, 0.05) is 50.5 Å². The van der Waals surface area contributed by atoms with Gasteiger partial charge in [0.1, 0.15) is 0 Å². The van der Waals surface area contributed by atoms with E-state index in [1.54, 1.807) is 0 Å². The summed E-state index contributed by atoms with van der Waals surface area (Å²) in [6, 6.07) is 5.45. The zero-order chi connectivity index (χ0) is 31.3. The molecule has 1 aromatic carbocycles. The minimum Gasteiger partial charge on any atom is -0.371 e. The highest BCUT2D eigenvalue weighted by Gasteiger charge is 2.36. The lowest BCUT2D eigenvalue weighted by Crippen LogP contribution is -2.51. The van der Waals surface area contributed by atoms with E-state index < -0.39 is 0 Å². The van der Waals surface area contributed by atoms with Crippen molar-refractivity contribution in [1.82, 2.24) is 15.1 Å². The topological polar surface area (TPSA) is 55.9 Å². The summed E-state index contributed by atoms with van der Waals surface area (Å²) < 4.78 is 0. The lowest BCUT2D eigenvalue weighted by Gasteiger charge is -2.39. The molecule has 2 amide bonds. The van der Waals surface area contributed by atoms with Gasteiger partial charge >= 0.3 is 0 Å². The van der Waals surface area contributed by atoms with Crippen LogP contribution in [0.15, 0.2) is 12.1 Å². The van der Waals surface area contributed by atoms with E-state index in [-0.39, 0.29) is 29.7 Å². The molecule has 1 heterocycles. The average Bonchev–Trinajstić information content (AvgIpc) is 3.49. The fourth-order valence-corrected chi connectivity index (χ4v) is 8.63. The molecule has 6 heteroatoms. The maximum atomic E-state index is 14.0. The Morgan fingerprint density at radius 1 is 0.977 bits per heavy atom. The molecule has 6 unspecified atom stereocenters. The highest BCUT2D eigenvalue weighted by molar-refractivity contribution is 5.97. The van der Waals surface area contributed by atoms with Crippen LogP contribution in [0.4, 0.5) is 5.69 Å². The number of hydrogen-bond donors (Lipinski definition) is 1. The molecule has 3 aliphatic rings. The van der Waals surface area contributed by atoms with Crippen molar-refractivity contribution in [2.45, 2.75) is 123 Å². The zero-order valence-corrected chi connectivity index (χ0v) is 28.8. The van der Waals surface area contributed by atoms with Gasteiger partial charge in [-0.25, -0.2) is 0 Å². The SMILES string of the molecule is CCCC1CCC(c2cc(C(=O)NCC3C(=O)N(C)C(C)CC3C)c(C)c(N(C)C3CCCC3)c2)CCC(CN(C)C)C1. The molecule has 242 valence electrons. The van der Waals surface area contributed by atoms with Gasteiger partial charge in [0.2, 0.25) is 5.91 Å². The van der Waals surface area contributed by atoms with Crippen LogP contribution in [0.1, 0.15) is 125 Å². The smallest absolute Gasteiger partial charge is 0.251 e. The molecule has 43 heavy (non-hydrogen) atoms. The molecular weight excluding hydrogens is 532 g/mol. The first kappa shape index (κ1) is 33.8. The Morgan fingerprint density at radius 2 is 1.65 bits per heavy atom. The standard InChI is InChI=1S/C37H62N4O2/c1-9-12-28-15-17-30(18-16-29(20-28)24-39(5)6)31-21-33(27(4)35(22-31)41(8)32-13-10-11-14-32)36(42)38-23-34-25(2)19-26(3)40(7)37(34)43/h21-22,25-26,28-30,32,34H,9-20,23-24H2,1-8H3,(H,38,42). The first-order valence-electron chi connectivity index (χ1n) is 17.6. The van der Waals surface area contributed by atoms with E-state index in [2.05, 4.69) is 76.1 Å². The van der Waals surface area contributed by atoms with Gasteiger partial charge in [0.25, 0.3) is 5.91 Å². The third kappa shape index (κ3) is 8.35. The molecule has 1 saturated heterocycles. The van der Waals surface area contributed by atoms with E-state index in [0.29, 0.717) is 18.5 Å². The summed E-state index contributed by atoms with van der Waals surface area (Å²) in [4.78, 5) is 33.8. The van der Waals surface area contributed by atoms with Crippen LogP contribution in [0.2, 0.25) is 0 Å². The van der Waals surface area contributed by atoms with Crippen molar-refractivity contribution in [3.05, 3.63) is 28.8 Å². The summed E-state index contributed by atoms with van der Waals surface area (Å²) in [7, 11) is 8.56. The van der Waals surface area contributed by atoms with Gasteiger partial charge in [0.15, 0.2) is 0 Å². The fraction of sp³-hybridized carbons (Fsp3) is 0.784. The molecule has 3 fully saturated rings. The lowest BCUT2D eigenvalue weighted by atomic mass is 9.76. The van der Waals surface area contributed by atoms with Gasteiger partial charge < -0.3 is 20.0 Å². The summed E-state index contributed by atoms with van der Waals surface area (Å²) in [6.45, 7) is 10.3. The number of piperidine rings is 1. The van der Waals surface area contributed by atoms with Crippen LogP contribution in [0, 0.1) is 30.6 Å². The molecule has 1 aromatic rings. The number of carbonyl (C=O) groups is 2. The Morgan fingerprint density at radius 3 is 2.30 bits per heavy atom. The monoisotopic (exact) mass is 594 g/mol. The van der Waals surface area contributed by atoms with E-state index in [9.17, 15) is 9.59 Å². The van der Waals surface area contributed by atoms with Crippen LogP contribution in [0.25, 0.3) is 0 Å². The maximum Gasteiger partial charge on any atom is 0.251 e. The van der Waals surface area contributed by atoms with Crippen molar-refractivity contribution in [2.24, 2.45) is 23.7 Å². The maximum absolute atomic E-state index is 14.0. The molecular formula is C37H62N4O2. The number of nitrogens with zero attached hydrogens (tertiary/aromatic N) is 3. The van der Waals surface area contributed by atoms with Crippen LogP contribution in [-0.2, 0) is 4.79 Å². The van der Waals surface area contributed by atoms with E-state index in [1.165, 1.54) is 81.9 Å². The van der Waals surface area contributed by atoms with Crippen LogP contribution in [-0.4, -0.2) is 75.0 Å². The summed E-state index contributed by atoms with van der Waals surface area (Å²) >= 11 is 0. The summed E-state index contributed by atoms with van der Waals surface area (Å²) in [5, 5.41) is 3.24. The van der Waals surface area contributed by atoms with Crippen molar-refractivity contribution < 1.29 is 9.59 Å². The quantitative estimate of drug-likeness (QED) is 0.310. The summed E-state index contributed by atoms with van der Waals surface area (Å²) in [5.74, 6) is 2.23. The lowest BCUT2D eigenvalue weighted by molar-refractivity contribution is -0.141. The molecule has 6 atom stereocenters. The average molecular weight is 595 g/mol. The molecule has 2 saturated carbocycles. The van der Waals surface area contributed by atoms with Gasteiger partial charge in [-0.2, -0.15) is 0 Å². The van der Waals surface area contributed by atoms with Gasteiger partial charge in [0.05, 0.1) is 5.92 Å². The first-order valence-corrected chi connectivity index (χ1v) is 17.6. The summed E-state index contributed by atoms with van der Waals surface area (Å²) in [5.41, 5.74) is 4.44. The van der Waals surface area contributed by atoms with Crippen molar-refractivity contribution >= 4 is 17.5 Å². The van der Waals surface area contributed by atoms with Crippen LogP contribution < -0.4 is 10.2 Å². The number of benzene rings is 1. The molecule has 0 spiro atoms. The first-order chi connectivity index (χ1) is 20.5. The van der Waals surface area contributed by atoms with Gasteiger partial charge in [-0.3, -0.25) is 9.59 Å². The van der Waals surface area contributed by atoms with Crippen molar-refractivity contribution in [3.8, 4) is 0 Å². The number of anilines is 1. The molecule has 6 nitrogen and oxygen atoms in total. The molecule has 1 aliphatic heterocycles. The number of carbonyl (C=O) groups excluding carboxylic acids is 2. The number of rotatable bonds is 10. The van der Waals surface area contributed by atoms with Gasteiger partial charge in [-0.05, 0) is 126 Å². The molecule has 0 aromatic heterocycles. The molecule has 0 bridgehead atoms. The Balaban J connectivity index is 1.62. The van der Waals surface area contributed by atoms with E-state index in [0.717, 1.165) is 35.9 Å². The predicted octanol–water partition coefficient (Wildman–Crippen LogP) is 7.25. The highest BCUT2D eigenvalue weighted by atomic mass is 16.2. The van der Waals surface area contributed by atoms with E-state index >= 15 is 0 Å². The number of likely N-dealkylation sites (tertiary alicyclic amines) is 1. The van der Waals surface area contributed by atoms with Crippen LogP contribution in [0.5, 0.6) is 0 Å². The minimum atomic E-state index is -0.163. The van der Waals surface area contributed by atoms with Gasteiger partial charge in [-0.1, -0.05) is 39.5 Å². The second kappa shape index (κ2) is 15.3. The minimum absolute atomic E-state index is 0.0260. The van der Waals surface area contributed by atoms with Crippen molar-refractivity contribution in [2.75, 3.05) is 46.2 Å². The number of hydrogen-bond acceptors (Lipinski definition) is 4. The largest absolute Gasteiger partial charge is 0.371 e. The van der Waals surface area contributed by atoms with Crippen LogP contribution in [0.3, 0.4) is 0 Å². The second-order valence-corrected chi connectivity index (χ2v) is 15.0. The van der Waals surface area contributed by atoms with E-state index in [4.69, 9.17) is 0 Å². The third-order valence-electron chi connectivity index (χ3n) is 11.4. The van der Waals surface area contributed by atoms with Crippen molar-refractivity contribution in [3.63, 3.8) is 0 Å². The molecule has 2 aliphatic carbocycles. The van der Waals surface area contributed by atoms with Gasteiger partial charge in [-0.15, -0.1) is 0 Å². The highest BCUT2D eigenvalue weighted by Crippen LogP contribution is 2.40. The third-order valence-corrected chi connectivity index (χ3v) is 11.4. The Bertz CT molecular complexity index is 1080. The fourth-order valence-electron chi connectivity index (χ4n) is 8.63. The second-order valence-electron chi connectivity index (χ2n) is 15.0. The Kier molecular flexibility index (Phi) is 12.0. The van der Waals surface area contributed by atoms with E-state index in [1.807, 2.05) is 11.9 Å². The van der Waals surface area contributed by atoms with Crippen LogP contribution >= 0.6 is 0 Å². The number of amides is 2.